The van der Waals surface area contributed by atoms with Gasteiger partial charge in [0.15, 0.2) is 0 Å². The van der Waals surface area contributed by atoms with E-state index in [1.54, 1.807) is 6.92 Å². The van der Waals surface area contributed by atoms with Gasteiger partial charge >= 0.3 is 6.03 Å². The summed E-state index contributed by atoms with van der Waals surface area (Å²) in [6.07, 6.45) is 4.36. The smallest absolute Gasteiger partial charge is 0.320 e. The molecule has 0 aliphatic carbocycles. The average molecular weight is 281 g/mol. The maximum Gasteiger partial charge on any atom is 0.320 e. The zero-order valence-electron chi connectivity index (χ0n) is 12.7. The lowest BCUT2D eigenvalue weighted by molar-refractivity contribution is -0.119. The molecule has 114 valence electrons. The number of likely N-dealkylation sites (tertiary alicyclic amines) is 2. The Morgan fingerprint density at radius 2 is 1.80 bits per heavy atom. The first-order valence-corrected chi connectivity index (χ1v) is 7.84. The fourth-order valence-corrected chi connectivity index (χ4v) is 3.18. The topological polar surface area (TPSA) is 52.7 Å². The molecule has 5 heteroatoms. The standard InChI is InChI=1S/C15H27N3O2/c1-12-4-3-7-18(11-12)15(20)17-8-5-14(6-9-17)10-16-13(2)19/h12,14H,3-11H2,1-2H3,(H,16,19). The molecular formula is C15H27N3O2. The van der Waals surface area contributed by atoms with E-state index in [0.29, 0.717) is 11.8 Å². The van der Waals surface area contributed by atoms with Crippen molar-refractivity contribution in [1.29, 1.82) is 0 Å². The first kappa shape index (κ1) is 15.1. The predicted molar refractivity (Wildman–Crippen MR) is 78.3 cm³/mol. The SMILES string of the molecule is CC(=O)NCC1CCN(C(=O)N2CCCC(C)C2)CC1. The minimum atomic E-state index is 0.0332. The summed E-state index contributed by atoms with van der Waals surface area (Å²) in [5.74, 6) is 1.18. The molecule has 0 bridgehead atoms. The molecule has 20 heavy (non-hydrogen) atoms. The Balaban J connectivity index is 1.75. The van der Waals surface area contributed by atoms with Crippen LogP contribution in [0.4, 0.5) is 4.79 Å². The third kappa shape index (κ3) is 4.12. The Labute approximate surface area is 121 Å². The molecule has 2 aliphatic rings. The van der Waals surface area contributed by atoms with E-state index in [0.717, 1.165) is 52.0 Å². The quantitative estimate of drug-likeness (QED) is 0.837. The molecule has 2 fully saturated rings. The van der Waals surface area contributed by atoms with Crippen molar-refractivity contribution in [3.63, 3.8) is 0 Å². The van der Waals surface area contributed by atoms with Crippen molar-refractivity contribution >= 4 is 11.9 Å². The van der Waals surface area contributed by atoms with Gasteiger partial charge in [-0.3, -0.25) is 4.79 Å². The molecule has 0 aromatic carbocycles. The molecule has 3 amide bonds. The number of urea groups is 1. The van der Waals surface area contributed by atoms with Gasteiger partial charge in [-0.05, 0) is 37.5 Å². The van der Waals surface area contributed by atoms with E-state index in [4.69, 9.17) is 0 Å². The summed E-state index contributed by atoms with van der Waals surface area (Å²) in [6, 6.07) is 0.217. The van der Waals surface area contributed by atoms with Crippen LogP contribution >= 0.6 is 0 Å². The van der Waals surface area contributed by atoms with Gasteiger partial charge < -0.3 is 15.1 Å². The Hall–Kier alpha value is -1.26. The fourth-order valence-electron chi connectivity index (χ4n) is 3.18. The van der Waals surface area contributed by atoms with Gasteiger partial charge in [-0.25, -0.2) is 4.79 Å². The zero-order valence-corrected chi connectivity index (χ0v) is 12.7. The van der Waals surface area contributed by atoms with Crippen molar-refractivity contribution in [3.8, 4) is 0 Å². The molecule has 2 rings (SSSR count). The van der Waals surface area contributed by atoms with Crippen LogP contribution in [0.5, 0.6) is 0 Å². The van der Waals surface area contributed by atoms with Gasteiger partial charge in [0.25, 0.3) is 0 Å². The van der Waals surface area contributed by atoms with Crippen molar-refractivity contribution in [2.75, 3.05) is 32.7 Å². The molecule has 0 spiro atoms. The molecule has 2 saturated heterocycles. The number of rotatable bonds is 2. The van der Waals surface area contributed by atoms with Crippen molar-refractivity contribution in [2.24, 2.45) is 11.8 Å². The molecule has 0 radical (unpaired) electrons. The van der Waals surface area contributed by atoms with Crippen LogP contribution in [0.2, 0.25) is 0 Å². The Morgan fingerprint density at radius 1 is 1.10 bits per heavy atom. The number of hydrogen-bond acceptors (Lipinski definition) is 2. The second-order valence-electron chi connectivity index (χ2n) is 6.34. The summed E-state index contributed by atoms with van der Waals surface area (Å²) in [5, 5.41) is 2.88. The largest absolute Gasteiger partial charge is 0.356 e. The van der Waals surface area contributed by atoms with Crippen molar-refractivity contribution in [3.05, 3.63) is 0 Å². The number of nitrogens with one attached hydrogen (secondary N) is 1. The summed E-state index contributed by atoms with van der Waals surface area (Å²) >= 11 is 0. The molecule has 0 aromatic rings. The van der Waals surface area contributed by atoms with Crippen LogP contribution < -0.4 is 5.32 Å². The van der Waals surface area contributed by atoms with Gasteiger partial charge in [-0.15, -0.1) is 0 Å². The van der Waals surface area contributed by atoms with Crippen LogP contribution in [0.1, 0.15) is 39.5 Å². The summed E-state index contributed by atoms with van der Waals surface area (Å²) in [7, 11) is 0. The van der Waals surface area contributed by atoms with Gasteiger partial charge in [-0.2, -0.15) is 0 Å². The summed E-state index contributed by atoms with van der Waals surface area (Å²) < 4.78 is 0. The predicted octanol–water partition coefficient (Wildman–Crippen LogP) is 1.69. The van der Waals surface area contributed by atoms with Crippen LogP contribution in [0.25, 0.3) is 0 Å². The lowest BCUT2D eigenvalue weighted by Gasteiger charge is -2.38. The normalized spacial score (nSPS) is 24.6. The minimum absolute atomic E-state index is 0.0332. The number of hydrogen-bond donors (Lipinski definition) is 1. The average Bonchev–Trinajstić information content (AvgIpc) is 2.45. The van der Waals surface area contributed by atoms with Crippen molar-refractivity contribution in [1.82, 2.24) is 15.1 Å². The second kappa shape index (κ2) is 6.95. The van der Waals surface area contributed by atoms with Crippen LogP contribution in [0, 0.1) is 11.8 Å². The Morgan fingerprint density at radius 3 is 2.40 bits per heavy atom. The first-order valence-electron chi connectivity index (χ1n) is 7.84. The van der Waals surface area contributed by atoms with Crippen molar-refractivity contribution in [2.45, 2.75) is 39.5 Å². The third-order valence-electron chi connectivity index (χ3n) is 4.45. The van der Waals surface area contributed by atoms with Gasteiger partial charge in [0.2, 0.25) is 5.91 Å². The maximum atomic E-state index is 12.5. The third-order valence-corrected chi connectivity index (χ3v) is 4.45. The van der Waals surface area contributed by atoms with E-state index in [2.05, 4.69) is 12.2 Å². The Bertz CT molecular complexity index is 351. The van der Waals surface area contributed by atoms with E-state index in [1.165, 1.54) is 6.42 Å². The highest BCUT2D eigenvalue weighted by atomic mass is 16.2. The molecule has 2 heterocycles. The van der Waals surface area contributed by atoms with Gasteiger partial charge in [0, 0.05) is 39.6 Å². The highest BCUT2D eigenvalue weighted by Crippen LogP contribution is 2.21. The van der Waals surface area contributed by atoms with Gasteiger partial charge in [0.05, 0.1) is 0 Å². The van der Waals surface area contributed by atoms with E-state index in [1.807, 2.05) is 9.80 Å². The van der Waals surface area contributed by atoms with E-state index in [9.17, 15) is 9.59 Å². The number of carbonyl (C=O) groups is 2. The molecular weight excluding hydrogens is 254 g/mol. The fraction of sp³-hybridized carbons (Fsp3) is 0.867. The van der Waals surface area contributed by atoms with Crippen LogP contribution in [0.15, 0.2) is 0 Å². The molecule has 1 atom stereocenters. The highest BCUT2D eigenvalue weighted by Gasteiger charge is 2.28. The molecule has 1 unspecified atom stereocenters. The highest BCUT2D eigenvalue weighted by molar-refractivity contribution is 5.74. The maximum absolute atomic E-state index is 12.5. The zero-order chi connectivity index (χ0) is 14.5. The number of amides is 3. The first-order chi connectivity index (χ1) is 9.56. The molecule has 0 saturated carbocycles. The van der Waals surface area contributed by atoms with Crippen LogP contribution in [-0.4, -0.2) is 54.5 Å². The summed E-state index contributed by atoms with van der Waals surface area (Å²) in [6.45, 7) is 8.00. The Kier molecular flexibility index (Phi) is 5.26. The van der Waals surface area contributed by atoms with E-state index >= 15 is 0 Å². The summed E-state index contributed by atoms with van der Waals surface area (Å²) in [4.78, 5) is 27.4. The number of piperidine rings is 2. The molecule has 2 aliphatic heterocycles. The van der Waals surface area contributed by atoms with E-state index < -0.39 is 0 Å². The second-order valence-corrected chi connectivity index (χ2v) is 6.34. The van der Waals surface area contributed by atoms with Crippen LogP contribution in [-0.2, 0) is 4.79 Å². The van der Waals surface area contributed by atoms with E-state index in [-0.39, 0.29) is 11.9 Å². The van der Waals surface area contributed by atoms with Gasteiger partial charge in [0.1, 0.15) is 0 Å². The monoisotopic (exact) mass is 281 g/mol. The lowest BCUT2D eigenvalue weighted by atomic mass is 9.96. The lowest BCUT2D eigenvalue weighted by Crippen LogP contribution is -2.50. The van der Waals surface area contributed by atoms with Crippen molar-refractivity contribution < 1.29 is 9.59 Å². The molecule has 0 aromatic heterocycles. The number of nitrogens with zero attached hydrogens (tertiary/aromatic N) is 2. The molecule has 5 nitrogen and oxygen atoms in total. The van der Waals surface area contributed by atoms with Gasteiger partial charge in [-0.1, -0.05) is 6.92 Å². The minimum Gasteiger partial charge on any atom is -0.356 e. The number of carbonyl (C=O) groups excluding carboxylic acids is 2. The van der Waals surface area contributed by atoms with Crippen LogP contribution in [0.3, 0.4) is 0 Å². The summed E-state index contributed by atoms with van der Waals surface area (Å²) in [5.41, 5.74) is 0. The molecule has 1 N–H and O–H groups in total.